The van der Waals surface area contributed by atoms with Crippen molar-refractivity contribution in [3.05, 3.63) is 64.1 Å². The van der Waals surface area contributed by atoms with E-state index in [1.54, 1.807) is 0 Å². The monoisotopic (exact) mass is 603 g/mol. The molecule has 43 heavy (non-hydrogen) atoms. The number of piperazine rings is 1. The number of nitrogens with one attached hydrogen (secondary N) is 1. The Bertz CT molecular complexity index is 1560. The molecular formula is C29H33F4N7O3. The van der Waals surface area contributed by atoms with Gasteiger partial charge in [0, 0.05) is 75.1 Å². The highest BCUT2D eigenvalue weighted by molar-refractivity contribution is 6.07. The summed E-state index contributed by atoms with van der Waals surface area (Å²) < 4.78 is 63.6. The van der Waals surface area contributed by atoms with E-state index in [0.717, 1.165) is 10.8 Å². The first-order chi connectivity index (χ1) is 20.3. The molecule has 0 bridgehead atoms. The molecule has 0 unspecified atom stereocenters. The summed E-state index contributed by atoms with van der Waals surface area (Å²) in [4.78, 5) is 40.2. The lowest BCUT2D eigenvalue weighted by molar-refractivity contribution is -0.138. The van der Waals surface area contributed by atoms with E-state index in [9.17, 15) is 22.8 Å². The number of ether oxygens (including phenoxy) is 1. The lowest BCUT2D eigenvalue weighted by atomic mass is 10.0. The number of aromatic nitrogens is 3. The van der Waals surface area contributed by atoms with Crippen molar-refractivity contribution in [1.82, 2.24) is 19.4 Å². The Morgan fingerprint density at radius 2 is 1.77 bits per heavy atom. The number of halogens is 4. The maximum Gasteiger partial charge on any atom is 0.417 e. The standard InChI is InChI=1S/C29H33F4N7O3/c1-17-14-39(6-5-37(17)3)25-11-23(30)20(19-12-34-28(35-13-19)40-7-8-43-16-18(40)2)9-24(25)36-27(42)21-15-38(4)26(41)10-22(21)29(31,32)33/h9-13,15,17-18H,5-8,14,16H2,1-4H3,(H,36,42)/t17-,18-/m1/s1. The number of aryl methyl sites for hydroxylation is 1. The van der Waals surface area contributed by atoms with Crippen molar-refractivity contribution in [2.45, 2.75) is 32.1 Å². The van der Waals surface area contributed by atoms with Crippen LogP contribution in [0.25, 0.3) is 11.1 Å². The van der Waals surface area contributed by atoms with Crippen LogP contribution in [0, 0.1) is 5.82 Å². The van der Waals surface area contributed by atoms with Gasteiger partial charge in [0.1, 0.15) is 5.82 Å². The quantitative estimate of drug-likeness (QED) is 0.442. The number of benzene rings is 1. The minimum absolute atomic E-state index is 0.0579. The fourth-order valence-corrected chi connectivity index (χ4v) is 5.28. The molecule has 2 fully saturated rings. The Labute approximate surface area is 245 Å². The molecule has 10 nitrogen and oxygen atoms in total. The van der Waals surface area contributed by atoms with E-state index in [2.05, 4.69) is 20.2 Å². The highest BCUT2D eigenvalue weighted by Crippen LogP contribution is 2.37. The van der Waals surface area contributed by atoms with Crippen LogP contribution in [0.2, 0.25) is 0 Å². The average molecular weight is 604 g/mol. The number of anilines is 3. The van der Waals surface area contributed by atoms with Crippen molar-refractivity contribution in [3.8, 4) is 11.1 Å². The van der Waals surface area contributed by atoms with Crippen LogP contribution in [0.15, 0.2) is 41.6 Å². The minimum atomic E-state index is -4.94. The van der Waals surface area contributed by atoms with E-state index in [1.807, 2.05) is 30.7 Å². The smallest absolute Gasteiger partial charge is 0.377 e. The summed E-state index contributed by atoms with van der Waals surface area (Å²) in [5.74, 6) is -1.23. The summed E-state index contributed by atoms with van der Waals surface area (Å²) in [5.41, 5.74) is -2.15. The van der Waals surface area contributed by atoms with Crippen LogP contribution in [0.5, 0.6) is 0 Å². The van der Waals surface area contributed by atoms with Gasteiger partial charge in [0.25, 0.3) is 11.5 Å². The lowest BCUT2D eigenvalue weighted by Gasteiger charge is -2.39. The van der Waals surface area contributed by atoms with Crippen molar-refractivity contribution < 1.29 is 27.1 Å². The first-order valence-electron chi connectivity index (χ1n) is 13.9. The van der Waals surface area contributed by atoms with Gasteiger partial charge in [-0.2, -0.15) is 13.2 Å². The van der Waals surface area contributed by atoms with Gasteiger partial charge in [-0.05, 0) is 33.0 Å². The zero-order chi connectivity index (χ0) is 31.1. The third-order valence-electron chi connectivity index (χ3n) is 7.99. The third-order valence-corrected chi connectivity index (χ3v) is 7.99. The van der Waals surface area contributed by atoms with Crippen LogP contribution in [0.1, 0.15) is 29.8 Å². The number of amides is 1. The van der Waals surface area contributed by atoms with E-state index in [1.165, 1.54) is 31.6 Å². The maximum absolute atomic E-state index is 15.7. The van der Waals surface area contributed by atoms with Crippen LogP contribution in [-0.4, -0.2) is 83.9 Å². The summed E-state index contributed by atoms with van der Waals surface area (Å²) in [5, 5.41) is 2.58. The number of rotatable bonds is 5. The molecule has 230 valence electrons. The summed E-state index contributed by atoms with van der Waals surface area (Å²) >= 11 is 0. The number of alkyl halides is 3. The molecule has 2 atom stereocenters. The Kier molecular flexibility index (Phi) is 8.43. The van der Waals surface area contributed by atoms with Gasteiger partial charge in [-0.25, -0.2) is 14.4 Å². The number of pyridine rings is 1. The number of morpholine rings is 1. The fraction of sp³-hybridized carbons (Fsp3) is 0.448. The molecule has 1 aromatic carbocycles. The molecule has 4 heterocycles. The molecular weight excluding hydrogens is 570 g/mol. The minimum Gasteiger partial charge on any atom is -0.377 e. The zero-order valence-electron chi connectivity index (χ0n) is 24.3. The van der Waals surface area contributed by atoms with Gasteiger partial charge in [-0.15, -0.1) is 0 Å². The Balaban J connectivity index is 1.55. The number of nitrogens with zero attached hydrogens (tertiary/aromatic N) is 6. The topological polar surface area (TPSA) is 95.8 Å². The lowest BCUT2D eigenvalue weighted by Crippen LogP contribution is -2.50. The number of likely N-dealkylation sites (N-methyl/N-ethyl adjacent to an activating group) is 1. The highest BCUT2D eigenvalue weighted by Gasteiger charge is 2.36. The van der Waals surface area contributed by atoms with Gasteiger partial charge in [-0.1, -0.05) is 0 Å². The van der Waals surface area contributed by atoms with E-state index in [-0.39, 0.29) is 23.3 Å². The van der Waals surface area contributed by atoms with Crippen LogP contribution in [-0.2, 0) is 18.0 Å². The molecule has 2 aliphatic rings. The van der Waals surface area contributed by atoms with Crippen molar-refractivity contribution in [1.29, 1.82) is 0 Å². The average Bonchev–Trinajstić information content (AvgIpc) is 2.96. The van der Waals surface area contributed by atoms with Crippen LogP contribution >= 0.6 is 0 Å². The van der Waals surface area contributed by atoms with E-state index >= 15 is 4.39 Å². The summed E-state index contributed by atoms with van der Waals surface area (Å²) in [7, 11) is 3.22. The molecule has 5 rings (SSSR count). The van der Waals surface area contributed by atoms with Crippen molar-refractivity contribution in [2.75, 3.05) is 61.6 Å². The van der Waals surface area contributed by atoms with E-state index in [0.29, 0.717) is 62.7 Å². The van der Waals surface area contributed by atoms with Gasteiger partial charge in [0.2, 0.25) is 5.95 Å². The molecule has 14 heteroatoms. The summed E-state index contributed by atoms with van der Waals surface area (Å²) in [6, 6.07) is 3.21. The number of carbonyl (C=O) groups is 1. The Hall–Kier alpha value is -4.04. The number of carbonyl (C=O) groups excluding carboxylic acids is 1. The van der Waals surface area contributed by atoms with Gasteiger partial charge < -0.3 is 29.3 Å². The SMILES string of the molecule is C[C@@H]1CN(c2cc(F)c(-c3cnc(N4CCOC[C@H]4C)nc3)cc2NC(=O)c2cn(C)c(=O)cc2C(F)(F)F)CCN1C. The van der Waals surface area contributed by atoms with Crippen LogP contribution in [0.3, 0.4) is 0 Å². The largest absolute Gasteiger partial charge is 0.417 e. The van der Waals surface area contributed by atoms with Gasteiger partial charge in [0.05, 0.1) is 41.8 Å². The second kappa shape index (κ2) is 11.9. The second-order valence-electron chi connectivity index (χ2n) is 11.0. The van der Waals surface area contributed by atoms with Gasteiger partial charge in [0.15, 0.2) is 0 Å². The van der Waals surface area contributed by atoms with E-state index < -0.39 is 34.6 Å². The number of hydrogen-bond donors (Lipinski definition) is 1. The fourth-order valence-electron chi connectivity index (χ4n) is 5.28. The van der Waals surface area contributed by atoms with Crippen LogP contribution in [0.4, 0.5) is 34.9 Å². The number of hydrogen-bond acceptors (Lipinski definition) is 8. The first-order valence-corrected chi connectivity index (χ1v) is 13.9. The molecule has 1 amide bonds. The predicted molar refractivity (Wildman–Crippen MR) is 154 cm³/mol. The van der Waals surface area contributed by atoms with Gasteiger partial charge >= 0.3 is 6.18 Å². The molecule has 2 aromatic heterocycles. The van der Waals surface area contributed by atoms with Crippen molar-refractivity contribution in [3.63, 3.8) is 0 Å². The highest BCUT2D eigenvalue weighted by atomic mass is 19.4. The van der Waals surface area contributed by atoms with Crippen LogP contribution < -0.4 is 20.7 Å². The molecule has 0 aliphatic carbocycles. The summed E-state index contributed by atoms with van der Waals surface area (Å²) in [6.07, 6.45) is -1.15. The maximum atomic E-state index is 15.7. The molecule has 0 saturated carbocycles. The normalized spacial score (nSPS) is 19.9. The molecule has 0 radical (unpaired) electrons. The Morgan fingerprint density at radius 1 is 1.05 bits per heavy atom. The van der Waals surface area contributed by atoms with Gasteiger partial charge in [-0.3, -0.25) is 9.59 Å². The zero-order valence-corrected chi connectivity index (χ0v) is 24.3. The van der Waals surface area contributed by atoms with E-state index in [4.69, 9.17) is 4.74 Å². The molecule has 1 N–H and O–H groups in total. The third kappa shape index (κ3) is 6.34. The molecule has 2 aliphatic heterocycles. The first kappa shape index (κ1) is 30.4. The second-order valence-corrected chi connectivity index (χ2v) is 11.0. The van der Waals surface area contributed by atoms with Crippen molar-refractivity contribution in [2.24, 2.45) is 7.05 Å². The molecule has 2 saturated heterocycles. The predicted octanol–water partition coefficient (Wildman–Crippen LogP) is 3.62. The molecule has 3 aromatic rings. The summed E-state index contributed by atoms with van der Waals surface area (Å²) in [6.45, 7) is 7.32. The Morgan fingerprint density at radius 3 is 2.42 bits per heavy atom. The molecule has 0 spiro atoms. The van der Waals surface area contributed by atoms with Crippen molar-refractivity contribution >= 4 is 23.2 Å².